The summed E-state index contributed by atoms with van der Waals surface area (Å²) < 4.78 is 13.6. The second kappa shape index (κ2) is 6.10. The summed E-state index contributed by atoms with van der Waals surface area (Å²) >= 11 is 1.53. The molecule has 3 nitrogen and oxygen atoms in total. The minimum Gasteiger partial charge on any atom is -0.356 e. The largest absolute Gasteiger partial charge is 0.356 e. The van der Waals surface area contributed by atoms with Gasteiger partial charge < -0.3 is 5.32 Å². The Labute approximate surface area is 116 Å². The molecule has 0 fully saturated rings. The minimum absolute atomic E-state index is 0.190. The van der Waals surface area contributed by atoms with Crippen LogP contribution in [-0.2, 0) is 13.0 Å². The van der Waals surface area contributed by atoms with E-state index >= 15 is 0 Å². The molecule has 0 aliphatic carbocycles. The molecule has 19 heavy (non-hydrogen) atoms. The molecule has 0 saturated heterocycles. The van der Waals surface area contributed by atoms with Crippen LogP contribution in [0.4, 0.5) is 9.52 Å². The standard InChI is InChI=1S/C14H18FN3S/c1-9(2)6-13-17-18-14(19-13)16-8-11-7-10(3)4-5-12(11)15/h4-5,7,9H,6,8H2,1-3H3,(H,16,18). The Bertz CT molecular complexity index is 551. The van der Waals surface area contributed by atoms with E-state index in [4.69, 9.17) is 0 Å². The minimum atomic E-state index is -0.190. The maximum atomic E-state index is 13.6. The highest BCUT2D eigenvalue weighted by molar-refractivity contribution is 7.15. The molecule has 1 N–H and O–H groups in total. The number of hydrogen-bond acceptors (Lipinski definition) is 4. The summed E-state index contributed by atoms with van der Waals surface area (Å²) in [5.74, 6) is 0.375. The van der Waals surface area contributed by atoms with Crippen molar-refractivity contribution in [2.75, 3.05) is 5.32 Å². The van der Waals surface area contributed by atoms with Crippen LogP contribution in [0.3, 0.4) is 0 Å². The van der Waals surface area contributed by atoms with Crippen molar-refractivity contribution in [3.63, 3.8) is 0 Å². The molecular weight excluding hydrogens is 261 g/mol. The molecule has 2 aromatic rings. The number of anilines is 1. The molecule has 0 unspecified atom stereocenters. The molecule has 102 valence electrons. The Morgan fingerprint density at radius 1 is 1.32 bits per heavy atom. The Morgan fingerprint density at radius 2 is 2.11 bits per heavy atom. The van der Waals surface area contributed by atoms with Crippen molar-refractivity contribution in [2.24, 2.45) is 5.92 Å². The smallest absolute Gasteiger partial charge is 0.205 e. The molecule has 0 bridgehead atoms. The van der Waals surface area contributed by atoms with Crippen molar-refractivity contribution < 1.29 is 4.39 Å². The molecule has 0 radical (unpaired) electrons. The zero-order valence-electron chi connectivity index (χ0n) is 11.4. The van der Waals surface area contributed by atoms with Crippen LogP contribution in [-0.4, -0.2) is 10.2 Å². The summed E-state index contributed by atoms with van der Waals surface area (Å²) in [6.07, 6.45) is 0.929. The molecule has 0 atom stereocenters. The third-order valence-corrected chi connectivity index (χ3v) is 3.58. The first-order chi connectivity index (χ1) is 9.04. The highest BCUT2D eigenvalue weighted by atomic mass is 32.1. The fraction of sp³-hybridized carbons (Fsp3) is 0.429. The lowest BCUT2D eigenvalue weighted by Crippen LogP contribution is -2.01. The predicted molar refractivity (Wildman–Crippen MR) is 76.9 cm³/mol. The molecule has 1 heterocycles. The van der Waals surface area contributed by atoms with Gasteiger partial charge in [-0.25, -0.2) is 4.39 Å². The van der Waals surface area contributed by atoms with Gasteiger partial charge >= 0.3 is 0 Å². The van der Waals surface area contributed by atoms with Crippen molar-refractivity contribution in [2.45, 2.75) is 33.7 Å². The number of benzene rings is 1. The summed E-state index contributed by atoms with van der Waals surface area (Å²) in [6.45, 7) is 6.69. The van der Waals surface area contributed by atoms with Crippen molar-refractivity contribution in [3.05, 3.63) is 40.2 Å². The van der Waals surface area contributed by atoms with Gasteiger partial charge in [0.15, 0.2) is 0 Å². The average molecular weight is 279 g/mol. The Balaban J connectivity index is 1.98. The van der Waals surface area contributed by atoms with E-state index in [0.29, 0.717) is 18.0 Å². The highest BCUT2D eigenvalue weighted by Gasteiger charge is 2.07. The van der Waals surface area contributed by atoms with E-state index in [9.17, 15) is 4.39 Å². The van der Waals surface area contributed by atoms with Crippen molar-refractivity contribution in [1.29, 1.82) is 0 Å². The van der Waals surface area contributed by atoms with Crippen LogP contribution in [0, 0.1) is 18.7 Å². The topological polar surface area (TPSA) is 37.8 Å². The maximum Gasteiger partial charge on any atom is 0.205 e. The summed E-state index contributed by atoms with van der Waals surface area (Å²) in [4.78, 5) is 0. The first-order valence-electron chi connectivity index (χ1n) is 6.36. The second-order valence-electron chi connectivity index (χ2n) is 5.05. The van der Waals surface area contributed by atoms with Crippen LogP contribution in [0.1, 0.15) is 30.0 Å². The van der Waals surface area contributed by atoms with Crippen molar-refractivity contribution in [1.82, 2.24) is 10.2 Å². The third-order valence-electron chi connectivity index (χ3n) is 2.68. The quantitative estimate of drug-likeness (QED) is 0.904. The highest BCUT2D eigenvalue weighted by Crippen LogP contribution is 2.19. The summed E-state index contributed by atoms with van der Waals surface area (Å²) in [5.41, 5.74) is 1.71. The van der Waals surface area contributed by atoms with Crippen LogP contribution in [0.5, 0.6) is 0 Å². The lowest BCUT2D eigenvalue weighted by molar-refractivity contribution is 0.612. The third kappa shape index (κ3) is 3.99. The lowest BCUT2D eigenvalue weighted by atomic mass is 10.1. The Morgan fingerprint density at radius 3 is 2.84 bits per heavy atom. The van der Waals surface area contributed by atoms with Gasteiger partial charge in [-0.1, -0.05) is 42.9 Å². The number of nitrogens with one attached hydrogen (secondary N) is 1. The Kier molecular flexibility index (Phi) is 4.47. The van der Waals surface area contributed by atoms with Crippen LogP contribution in [0.25, 0.3) is 0 Å². The van der Waals surface area contributed by atoms with E-state index in [-0.39, 0.29) is 5.82 Å². The van der Waals surface area contributed by atoms with Gasteiger partial charge in [-0.05, 0) is 18.9 Å². The van der Waals surface area contributed by atoms with Gasteiger partial charge in [0.05, 0.1) is 0 Å². The maximum absolute atomic E-state index is 13.6. The lowest BCUT2D eigenvalue weighted by Gasteiger charge is -2.05. The zero-order valence-corrected chi connectivity index (χ0v) is 12.2. The number of hydrogen-bond donors (Lipinski definition) is 1. The van der Waals surface area contributed by atoms with Crippen LogP contribution >= 0.6 is 11.3 Å². The number of halogens is 1. The molecule has 5 heteroatoms. The Hall–Kier alpha value is -1.49. The molecule has 2 rings (SSSR count). The fourth-order valence-corrected chi connectivity index (χ4v) is 2.71. The zero-order chi connectivity index (χ0) is 13.8. The molecule has 0 spiro atoms. The predicted octanol–water partition coefficient (Wildman–Crippen LogP) is 3.80. The number of nitrogens with zero attached hydrogens (tertiary/aromatic N) is 2. The van der Waals surface area contributed by atoms with Gasteiger partial charge in [-0.15, -0.1) is 10.2 Å². The van der Waals surface area contributed by atoms with E-state index in [1.165, 1.54) is 17.4 Å². The molecule has 0 aliphatic heterocycles. The van der Waals surface area contributed by atoms with Gasteiger partial charge in [0.25, 0.3) is 0 Å². The van der Waals surface area contributed by atoms with E-state index in [1.807, 2.05) is 13.0 Å². The van der Waals surface area contributed by atoms with Crippen LogP contribution in [0.2, 0.25) is 0 Å². The molecule has 0 saturated carbocycles. The normalized spacial score (nSPS) is 11.0. The van der Waals surface area contributed by atoms with E-state index in [2.05, 4.69) is 29.4 Å². The second-order valence-corrected chi connectivity index (χ2v) is 6.11. The van der Waals surface area contributed by atoms with Gasteiger partial charge in [-0.2, -0.15) is 0 Å². The van der Waals surface area contributed by atoms with Crippen LogP contribution < -0.4 is 5.32 Å². The summed E-state index contributed by atoms with van der Waals surface area (Å²) in [7, 11) is 0. The number of rotatable bonds is 5. The molecule has 0 aliphatic rings. The van der Waals surface area contributed by atoms with Gasteiger partial charge in [-0.3, -0.25) is 0 Å². The monoisotopic (exact) mass is 279 g/mol. The first-order valence-corrected chi connectivity index (χ1v) is 7.17. The van der Waals surface area contributed by atoms with Crippen molar-refractivity contribution >= 4 is 16.5 Å². The van der Waals surface area contributed by atoms with E-state index in [1.54, 1.807) is 6.07 Å². The van der Waals surface area contributed by atoms with E-state index < -0.39 is 0 Å². The average Bonchev–Trinajstić information content (AvgIpc) is 2.77. The van der Waals surface area contributed by atoms with Gasteiger partial charge in [0, 0.05) is 18.5 Å². The van der Waals surface area contributed by atoms with Gasteiger partial charge in [0.1, 0.15) is 10.8 Å². The van der Waals surface area contributed by atoms with E-state index in [0.717, 1.165) is 22.1 Å². The molecule has 0 amide bonds. The van der Waals surface area contributed by atoms with Gasteiger partial charge in [0.2, 0.25) is 5.13 Å². The molecule has 1 aromatic carbocycles. The number of aromatic nitrogens is 2. The molecular formula is C14H18FN3S. The summed E-state index contributed by atoms with van der Waals surface area (Å²) in [5, 5.41) is 13.1. The van der Waals surface area contributed by atoms with Crippen LogP contribution in [0.15, 0.2) is 18.2 Å². The van der Waals surface area contributed by atoms with Crippen molar-refractivity contribution in [3.8, 4) is 0 Å². The fourth-order valence-electron chi connectivity index (χ4n) is 1.77. The molecule has 1 aromatic heterocycles. The summed E-state index contributed by atoms with van der Waals surface area (Å²) in [6, 6.07) is 5.11. The SMILES string of the molecule is Cc1ccc(F)c(CNc2nnc(CC(C)C)s2)c1. The first kappa shape index (κ1) is 13.9. The number of aryl methyl sites for hydroxylation is 1.